The number of benzene rings is 1. The Bertz CT molecular complexity index is 379. The minimum atomic E-state index is -0.314. The number of hydrogen-bond acceptors (Lipinski definition) is 2. The van der Waals surface area contributed by atoms with Crippen molar-refractivity contribution in [3.05, 3.63) is 42.0 Å². The third kappa shape index (κ3) is 1.15. The second-order valence-corrected chi connectivity index (χ2v) is 3.17. The van der Waals surface area contributed by atoms with Crippen molar-refractivity contribution in [2.75, 3.05) is 0 Å². The number of hydrogen-bond donors (Lipinski definition) is 0. The third-order valence-corrected chi connectivity index (χ3v) is 2.37. The molecule has 0 aliphatic carbocycles. The monoisotopic (exact) mass is 174 g/mol. The van der Waals surface area contributed by atoms with Crippen LogP contribution in [-0.2, 0) is 4.79 Å². The number of carbonyl (C=O) groups excluding carboxylic acids is 1. The fraction of sp³-hybridized carbons (Fsp3) is 0.182. The highest BCUT2D eigenvalue weighted by molar-refractivity contribution is 5.93. The van der Waals surface area contributed by atoms with Crippen molar-refractivity contribution in [3.8, 4) is 5.75 Å². The molecular weight excluding hydrogens is 164 g/mol. The Morgan fingerprint density at radius 2 is 2.08 bits per heavy atom. The van der Waals surface area contributed by atoms with Crippen LogP contribution in [-0.4, -0.2) is 5.97 Å². The summed E-state index contributed by atoms with van der Waals surface area (Å²) in [7, 11) is 0. The van der Waals surface area contributed by atoms with Crippen LogP contribution in [0.5, 0.6) is 5.75 Å². The van der Waals surface area contributed by atoms with Gasteiger partial charge in [0.15, 0.2) is 0 Å². The molecule has 0 saturated heterocycles. The molecule has 1 atom stereocenters. The van der Waals surface area contributed by atoms with Crippen LogP contribution in [0.2, 0.25) is 0 Å². The van der Waals surface area contributed by atoms with Crippen LogP contribution < -0.4 is 4.74 Å². The molecule has 1 heterocycles. The molecule has 0 amide bonds. The van der Waals surface area contributed by atoms with Gasteiger partial charge in [-0.15, -0.1) is 0 Å². The van der Waals surface area contributed by atoms with Gasteiger partial charge in [0.1, 0.15) is 5.75 Å². The zero-order chi connectivity index (χ0) is 9.42. The molecule has 0 fully saturated rings. The molecule has 0 radical (unpaired) electrons. The van der Waals surface area contributed by atoms with E-state index in [4.69, 9.17) is 4.74 Å². The van der Waals surface area contributed by atoms with E-state index < -0.39 is 0 Å². The van der Waals surface area contributed by atoms with Gasteiger partial charge in [-0.05, 0) is 6.07 Å². The summed E-state index contributed by atoms with van der Waals surface area (Å²) in [4.78, 5) is 11.2. The summed E-state index contributed by atoms with van der Waals surface area (Å²) in [5, 5.41) is 0. The van der Waals surface area contributed by atoms with Crippen molar-refractivity contribution in [1.82, 2.24) is 0 Å². The van der Waals surface area contributed by atoms with Crippen LogP contribution in [0.1, 0.15) is 18.4 Å². The van der Waals surface area contributed by atoms with Gasteiger partial charge in [-0.1, -0.05) is 31.7 Å². The molecule has 1 aromatic carbocycles. The number of rotatable bonds is 0. The summed E-state index contributed by atoms with van der Waals surface area (Å²) < 4.78 is 5.08. The molecule has 0 bridgehead atoms. The van der Waals surface area contributed by atoms with Crippen molar-refractivity contribution in [3.63, 3.8) is 0 Å². The van der Waals surface area contributed by atoms with Crippen molar-refractivity contribution >= 4 is 5.97 Å². The Morgan fingerprint density at radius 1 is 1.38 bits per heavy atom. The smallest absolute Gasteiger partial charge is 0.339 e. The van der Waals surface area contributed by atoms with Gasteiger partial charge in [0.2, 0.25) is 0 Å². The van der Waals surface area contributed by atoms with Gasteiger partial charge in [0.05, 0.1) is 0 Å². The molecule has 0 N–H and O–H groups in total. The lowest BCUT2D eigenvalue weighted by molar-refractivity contribution is -0.131. The predicted octanol–water partition coefficient (Wildman–Crippen LogP) is 2.27. The van der Waals surface area contributed by atoms with Crippen LogP contribution in [0.3, 0.4) is 0 Å². The van der Waals surface area contributed by atoms with E-state index in [1.165, 1.54) is 0 Å². The minimum absolute atomic E-state index is 0.0671. The van der Waals surface area contributed by atoms with Crippen molar-refractivity contribution in [2.45, 2.75) is 12.8 Å². The van der Waals surface area contributed by atoms with Crippen molar-refractivity contribution < 1.29 is 9.53 Å². The normalized spacial score (nSPS) is 20.8. The highest BCUT2D eigenvalue weighted by Crippen LogP contribution is 2.35. The maximum absolute atomic E-state index is 11.2. The molecule has 66 valence electrons. The van der Waals surface area contributed by atoms with E-state index in [2.05, 4.69) is 6.58 Å². The van der Waals surface area contributed by atoms with Crippen LogP contribution in [0.15, 0.2) is 36.4 Å². The first-order chi connectivity index (χ1) is 6.20. The molecule has 1 unspecified atom stereocenters. The van der Waals surface area contributed by atoms with E-state index in [0.717, 1.165) is 5.56 Å². The molecule has 1 aliphatic rings. The lowest BCUT2D eigenvalue weighted by Crippen LogP contribution is -2.21. The second kappa shape index (κ2) is 2.73. The van der Waals surface area contributed by atoms with Gasteiger partial charge in [-0.3, -0.25) is 0 Å². The number of carbonyl (C=O) groups is 1. The van der Waals surface area contributed by atoms with Gasteiger partial charge in [0, 0.05) is 17.1 Å². The minimum Gasteiger partial charge on any atom is -0.423 e. The Balaban J connectivity index is 2.55. The SMILES string of the molecule is C=C1C(=O)Oc2ccccc2C1C. The van der Waals surface area contributed by atoms with Crippen molar-refractivity contribution in [1.29, 1.82) is 0 Å². The number of para-hydroxylation sites is 1. The van der Waals surface area contributed by atoms with Gasteiger partial charge in [-0.2, -0.15) is 0 Å². The van der Waals surface area contributed by atoms with Crippen LogP contribution >= 0.6 is 0 Å². The number of esters is 1. The molecule has 2 heteroatoms. The summed E-state index contributed by atoms with van der Waals surface area (Å²) in [6, 6.07) is 7.54. The Labute approximate surface area is 76.8 Å². The Kier molecular flexibility index (Phi) is 1.69. The summed E-state index contributed by atoms with van der Waals surface area (Å²) in [5.41, 5.74) is 1.56. The molecule has 2 nitrogen and oxygen atoms in total. The van der Waals surface area contributed by atoms with Crippen LogP contribution in [0, 0.1) is 0 Å². The molecular formula is C11H10O2. The van der Waals surface area contributed by atoms with E-state index in [1.807, 2.05) is 25.1 Å². The second-order valence-electron chi connectivity index (χ2n) is 3.17. The van der Waals surface area contributed by atoms with E-state index in [9.17, 15) is 4.79 Å². The Morgan fingerprint density at radius 3 is 2.85 bits per heavy atom. The van der Waals surface area contributed by atoms with Gasteiger partial charge < -0.3 is 4.74 Å². The number of fused-ring (bicyclic) bond motifs is 1. The first-order valence-electron chi connectivity index (χ1n) is 4.20. The lowest BCUT2D eigenvalue weighted by Gasteiger charge is -2.22. The van der Waals surface area contributed by atoms with E-state index in [0.29, 0.717) is 11.3 Å². The first kappa shape index (κ1) is 8.05. The summed E-state index contributed by atoms with van der Waals surface area (Å²) in [5.74, 6) is 0.413. The molecule has 2 rings (SSSR count). The number of ether oxygens (including phenoxy) is 1. The zero-order valence-electron chi connectivity index (χ0n) is 7.41. The van der Waals surface area contributed by atoms with Crippen molar-refractivity contribution in [2.24, 2.45) is 0 Å². The molecule has 1 aliphatic heterocycles. The molecule has 13 heavy (non-hydrogen) atoms. The highest BCUT2D eigenvalue weighted by atomic mass is 16.5. The summed E-state index contributed by atoms with van der Waals surface area (Å²) in [6.45, 7) is 5.66. The molecule has 1 aromatic rings. The molecule has 0 saturated carbocycles. The Hall–Kier alpha value is -1.57. The largest absolute Gasteiger partial charge is 0.423 e. The van der Waals surface area contributed by atoms with Gasteiger partial charge in [0.25, 0.3) is 0 Å². The quantitative estimate of drug-likeness (QED) is 0.342. The average Bonchev–Trinajstić information content (AvgIpc) is 2.15. The van der Waals surface area contributed by atoms with E-state index in [1.54, 1.807) is 6.07 Å². The highest BCUT2D eigenvalue weighted by Gasteiger charge is 2.26. The average molecular weight is 174 g/mol. The maximum atomic E-state index is 11.2. The van der Waals surface area contributed by atoms with Gasteiger partial charge >= 0.3 is 5.97 Å². The van der Waals surface area contributed by atoms with Gasteiger partial charge in [-0.25, -0.2) is 4.79 Å². The topological polar surface area (TPSA) is 26.3 Å². The molecule has 0 aromatic heterocycles. The summed E-state index contributed by atoms with van der Waals surface area (Å²) in [6.07, 6.45) is 0. The fourth-order valence-corrected chi connectivity index (χ4v) is 1.46. The maximum Gasteiger partial charge on any atom is 0.339 e. The van der Waals surface area contributed by atoms with E-state index >= 15 is 0 Å². The zero-order valence-corrected chi connectivity index (χ0v) is 7.41. The van der Waals surface area contributed by atoms with E-state index in [-0.39, 0.29) is 11.9 Å². The van der Waals surface area contributed by atoms with Crippen LogP contribution in [0.25, 0.3) is 0 Å². The fourth-order valence-electron chi connectivity index (χ4n) is 1.46. The first-order valence-corrected chi connectivity index (χ1v) is 4.20. The van der Waals surface area contributed by atoms with Crippen LogP contribution in [0.4, 0.5) is 0 Å². The standard InChI is InChI=1S/C11H10O2/c1-7-8(2)11(12)13-10-6-4-3-5-9(7)10/h3-7H,2H2,1H3. The lowest BCUT2D eigenvalue weighted by atomic mass is 9.91. The summed E-state index contributed by atoms with van der Waals surface area (Å²) >= 11 is 0. The molecule has 0 spiro atoms. The third-order valence-electron chi connectivity index (χ3n) is 2.37. The predicted molar refractivity (Wildman–Crippen MR) is 49.6 cm³/mol.